The summed E-state index contributed by atoms with van der Waals surface area (Å²) in [6, 6.07) is -0.778. The highest BCUT2D eigenvalue weighted by Crippen LogP contribution is 2.37. The zero-order chi connectivity index (χ0) is 25.5. The van der Waals surface area contributed by atoms with Gasteiger partial charge in [0.05, 0.1) is 18.2 Å². The number of ether oxygens (including phenoxy) is 4. The first-order chi connectivity index (χ1) is 14.9. The molecule has 0 aliphatic carbocycles. The maximum absolute atomic E-state index is 12.3. The van der Waals surface area contributed by atoms with Gasteiger partial charge in [-0.2, -0.15) is 0 Å². The number of nitrogens with one attached hydrogen (secondary N) is 1. The maximum atomic E-state index is 12.3. The zero-order valence-corrected chi connectivity index (χ0v) is 22.6. The van der Waals surface area contributed by atoms with E-state index >= 15 is 0 Å². The Balaban J connectivity index is 2.36. The van der Waals surface area contributed by atoms with E-state index in [0.29, 0.717) is 0 Å². The minimum Gasteiger partial charge on any atom is -0.388 e. The summed E-state index contributed by atoms with van der Waals surface area (Å²) in [6.45, 7) is 13.6. The van der Waals surface area contributed by atoms with Gasteiger partial charge in [-0.3, -0.25) is 9.59 Å². The van der Waals surface area contributed by atoms with Gasteiger partial charge in [0.1, 0.15) is 40.2 Å². The predicted octanol–water partition coefficient (Wildman–Crippen LogP) is 0.663. The van der Waals surface area contributed by atoms with Gasteiger partial charge in [-0.1, -0.05) is 20.8 Å². The number of hydrogen-bond donors (Lipinski definition) is 4. The molecule has 0 saturated carbocycles. The molecular weight excluding hydrogens is 549 g/mol. The van der Waals surface area contributed by atoms with Crippen molar-refractivity contribution in [3.63, 3.8) is 0 Å². The lowest BCUT2D eigenvalue weighted by atomic mass is 9.78. The first-order valence-electron chi connectivity index (χ1n) is 11.1. The fraction of sp³-hybridized carbons (Fsp3) is 0.909. The molecule has 2 rings (SSSR count). The number of hydrogen-bond acceptors (Lipinski definition) is 9. The van der Waals surface area contributed by atoms with Crippen LogP contribution >= 0.6 is 22.6 Å². The SMILES string of the molecule is CC(=O)NC1C(OC2OC(C(C)=O)C(OC(C)(C)I)C(O)C2O)C(O)C(C)OC1C(C)(C)C. The molecule has 11 heteroatoms. The van der Waals surface area contributed by atoms with E-state index in [9.17, 15) is 24.9 Å². The smallest absolute Gasteiger partial charge is 0.217 e. The molecule has 0 aromatic carbocycles. The lowest BCUT2D eigenvalue weighted by molar-refractivity contribution is -0.331. The van der Waals surface area contributed by atoms with Crippen LogP contribution < -0.4 is 5.32 Å². The van der Waals surface area contributed by atoms with Crippen LogP contribution in [0.15, 0.2) is 0 Å². The van der Waals surface area contributed by atoms with Crippen LogP contribution in [0.3, 0.4) is 0 Å². The number of alkyl halides is 1. The molecule has 4 N–H and O–H groups in total. The quantitative estimate of drug-likeness (QED) is 0.260. The lowest BCUT2D eigenvalue weighted by Crippen LogP contribution is -2.69. The maximum Gasteiger partial charge on any atom is 0.217 e. The van der Waals surface area contributed by atoms with Crippen molar-refractivity contribution in [1.82, 2.24) is 5.32 Å². The second kappa shape index (κ2) is 10.7. The average Bonchev–Trinajstić information content (AvgIpc) is 2.64. The molecule has 192 valence electrons. The fourth-order valence-corrected chi connectivity index (χ4v) is 4.53. The van der Waals surface area contributed by atoms with Gasteiger partial charge in [-0.05, 0) is 55.7 Å². The van der Waals surface area contributed by atoms with Crippen LogP contribution in [0.25, 0.3) is 0 Å². The average molecular weight is 587 g/mol. The number of ketones is 1. The lowest BCUT2D eigenvalue weighted by Gasteiger charge is -2.50. The van der Waals surface area contributed by atoms with Crippen LogP contribution in [0.2, 0.25) is 0 Å². The highest BCUT2D eigenvalue weighted by atomic mass is 127. The molecule has 0 radical (unpaired) electrons. The third-order valence-electron chi connectivity index (χ3n) is 5.74. The van der Waals surface area contributed by atoms with Crippen LogP contribution in [0.4, 0.5) is 0 Å². The van der Waals surface area contributed by atoms with Gasteiger partial charge < -0.3 is 39.6 Å². The first kappa shape index (κ1) is 28.8. The number of rotatable bonds is 6. The Morgan fingerprint density at radius 1 is 0.939 bits per heavy atom. The van der Waals surface area contributed by atoms with E-state index in [1.807, 2.05) is 43.4 Å². The minimum atomic E-state index is -1.57. The summed E-state index contributed by atoms with van der Waals surface area (Å²) in [6.07, 6.45) is -10.2. The summed E-state index contributed by atoms with van der Waals surface area (Å²) < 4.78 is 22.8. The largest absolute Gasteiger partial charge is 0.388 e. The van der Waals surface area contributed by atoms with Gasteiger partial charge in [-0.15, -0.1) is 0 Å². The Hall–Kier alpha value is -0.410. The normalized spacial score (nSPS) is 40.4. The topological polar surface area (TPSA) is 144 Å². The number of halogens is 1. The van der Waals surface area contributed by atoms with Gasteiger partial charge >= 0.3 is 0 Å². The third kappa shape index (κ3) is 7.06. The Morgan fingerprint density at radius 2 is 1.52 bits per heavy atom. The van der Waals surface area contributed by atoms with Crippen LogP contribution in [-0.2, 0) is 28.5 Å². The van der Waals surface area contributed by atoms with Crippen molar-refractivity contribution < 1.29 is 43.9 Å². The van der Waals surface area contributed by atoms with Gasteiger partial charge in [-0.25, -0.2) is 0 Å². The molecule has 0 aromatic rings. The van der Waals surface area contributed by atoms with Crippen molar-refractivity contribution in [3.8, 4) is 0 Å². The number of carbonyl (C=O) groups is 2. The molecular formula is C22H38INO9. The zero-order valence-electron chi connectivity index (χ0n) is 20.4. The number of aliphatic hydroxyl groups is 3. The molecule has 2 saturated heterocycles. The first-order valence-corrected chi connectivity index (χ1v) is 12.2. The van der Waals surface area contributed by atoms with Crippen molar-refractivity contribution in [1.29, 1.82) is 0 Å². The van der Waals surface area contributed by atoms with Crippen molar-refractivity contribution in [2.24, 2.45) is 5.41 Å². The molecule has 2 aliphatic heterocycles. The molecule has 2 aliphatic rings. The van der Waals surface area contributed by atoms with Crippen LogP contribution in [-0.4, -0.2) is 91.8 Å². The van der Waals surface area contributed by atoms with Gasteiger partial charge in [0.2, 0.25) is 5.91 Å². The molecule has 2 fully saturated rings. The highest BCUT2D eigenvalue weighted by molar-refractivity contribution is 14.1. The predicted molar refractivity (Wildman–Crippen MR) is 127 cm³/mol. The highest BCUT2D eigenvalue weighted by Gasteiger charge is 2.54. The number of carbonyl (C=O) groups excluding carboxylic acids is 2. The van der Waals surface area contributed by atoms with E-state index in [-0.39, 0.29) is 5.91 Å². The van der Waals surface area contributed by atoms with Crippen molar-refractivity contribution in [2.75, 3.05) is 0 Å². The summed E-state index contributed by atoms with van der Waals surface area (Å²) in [5.41, 5.74) is -0.429. The molecule has 0 bridgehead atoms. The molecule has 10 atom stereocenters. The van der Waals surface area contributed by atoms with E-state index in [0.717, 1.165) is 0 Å². The Labute approximate surface area is 208 Å². The van der Waals surface area contributed by atoms with Crippen molar-refractivity contribution in [2.45, 2.75) is 120 Å². The summed E-state index contributed by atoms with van der Waals surface area (Å²) in [7, 11) is 0. The number of Topliss-reactive ketones (excluding diaryl/α,β-unsaturated/α-hetero) is 1. The molecule has 1 amide bonds. The van der Waals surface area contributed by atoms with Crippen LogP contribution in [0, 0.1) is 5.41 Å². The van der Waals surface area contributed by atoms with E-state index in [1.54, 1.807) is 20.8 Å². The molecule has 10 unspecified atom stereocenters. The number of aliphatic hydroxyl groups excluding tert-OH is 3. The summed E-state index contributed by atoms with van der Waals surface area (Å²) >= 11 is 2.01. The molecule has 33 heavy (non-hydrogen) atoms. The van der Waals surface area contributed by atoms with E-state index in [4.69, 9.17) is 18.9 Å². The Morgan fingerprint density at radius 3 is 1.97 bits per heavy atom. The molecule has 2 heterocycles. The van der Waals surface area contributed by atoms with Gasteiger partial charge in [0.15, 0.2) is 12.1 Å². The fourth-order valence-electron chi connectivity index (χ4n) is 4.24. The van der Waals surface area contributed by atoms with E-state index in [1.165, 1.54) is 13.8 Å². The summed E-state index contributed by atoms with van der Waals surface area (Å²) in [5.74, 6) is -0.759. The van der Waals surface area contributed by atoms with Crippen molar-refractivity contribution >= 4 is 34.3 Å². The molecule has 0 aromatic heterocycles. The van der Waals surface area contributed by atoms with E-state index in [2.05, 4.69) is 5.32 Å². The molecule has 10 nitrogen and oxygen atoms in total. The van der Waals surface area contributed by atoms with Gasteiger partial charge in [0, 0.05) is 6.92 Å². The minimum absolute atomic E-state index is 0.349. The van der Waals surface area contributed by atoms with E-state index < -0.39 is 76.0 Å². The standard InChI is InChI=1S/C22H38INO9/c1-9(25)16-18(33-22(7,8)23)14(28)15(29)20(31-16)32-17-12(24-11(3)26)19(21(4,5)6)30-10(2)13(17)27/h10,12-20,27-29H,1-8H3,(H,24,26). The monoisotopic (exact) mass is 587 g/mol. The van der Waals surface area contributed by atoms with Gasteiger partial charge in [0.25, 0.3) is 0 Å². The van der Waals surface area contributed by atoms with Crippen LogP contribution in [0.1, 0.15) is 55.4 Å². The summed E-state index contributed by atoms with van der Waals surface area (Å²) in [4.78, 5) is 24.3. The summed E-state index contributed by atoms with van der Waals surface area (Å²) in [5, 5.41) is 35.2. The Kier molecular flexibility index (Phi) is 9.34. The van der Waals surface area contributed by atoms with Crippen LogP contribution in [0.5, 0.6) is 0 Å². The number of amides is 1. The molecule has 0 spiro atoms. The Bertz CT molecular complexity index is 707. The second-order valence-corrected chi connectivity index (χ2v) is 13.0. The van der Waals surface area contributed by atoms with Crippen molar-refractivity contribution in [3.05, 3.63) is 0 Å². The second-order valence-electron chi connectivity index (χ2n) is 10.4. The third-order valence-corrected chi connectivity index (χ3v) is 5.99.